The average molecular weight is 377 g/mol. The molecule has 2 aromatic rings. The Morgan fingerprint density at radius 1 is 1.22 bits per heavy atom. The molecule has 3 rings (SSSR count). The zero-order valence-electron chi connectivity index (χ0n) is 14.2. The van der Waals surface area contributed by atoms with Crippen molar-refractivity contribution in [1.29, 1.82) is 5.26 Å². The number of rotatable bonds is 4. The highest BCUT2D eigenvalue weighted by Gasteiger charge is 2.42. The van der Waals surface area contributed by atoms with Gasteiger partial charge in [0.15, 0.2) is 0 Å². The third-order valence-corrected chi connectivity index (χ3v) is 4.79. The maximum absolute atomic E-state index is 12.7. The van der Waals surface area contributed by atoms with Gasteiger partial charge in [-0.2, -0.15) is 18.4 Å². The molecule has 1 fully saturated rings. The Morgan fingerprint density at radius 2 is 2.00 bits per heavy atom. The van der Waals surface area contributed by atoms with Crippen LogP contribution in [0, 0.1) is 11.3 Å². The van der Waals surface area contributed by atoms with E-state index in [9.17, 15) is 23.4 Å². The Balaban J connectivity index is 1.76. The van der Waals surface area contributed by atoms with Crippen molar-refractivity contribution in [1.82, 2.24) is 10.3 Å². The molecular weight excluding hydrogens is 359 g/mol. The van der Waals surface area contributed by atoms with E-state index < -0.39 is 30.1 Å². The second-order valence-corrected chi connectivity index (χ2v) is 6.59. The summed E-state index contributed by atoms with van der Waals surface area (Å²) >= 11 is 0. The number of nitrogens with zero attached hydrogens (tertiary/aromatic N) is 2. The number of nitriles is 1. The van der Waals surface area contributed by atoms with E-state index in [1.54, 1.807) is 18.2 Å². The van der Waals surface area contributed by atoms with Crippen LogP contribution in [0.1, 0.15) is 34.7 Å². The number of aliphatic hydroxyl groups is 2. The first-order chi connectivity index (χ1) is 12.8. The number of hydrogen-bond acceptors (Lipinski definition) is 5. The van der Waals surface area contributed by atoms with E-state index >= 15 is 0 Å². The predicted octanol–water partition coefficient (Wildman–Crippen LogP) is 2.34. The summed E-state index contributed by atoms with van der Waals surface area (Å²) in [6, 6.07) is 10.7. The molecule has 8 heteroatoms. The highest BCUT2D eigenvalue weighted by molar-refractivity contribution is 5.33. The van der Waals surface area contributed by atoms with Gasteiger partial charge in [0.05, 0.1) is 23.8 Å². The summed E-state index contributed by atoms with van der Waals surface area (Å²) in [4.78, 5) is 3.47. The maximum atomic E-state index is 12.7. The van der Waals surface area contributed by atoms with Gasteiger partial charge in [0.1, 0.15) is 5.69 Å². The van der Waals surface area contributed by atoms with Gasteiger partial charge in [0.25, 0.3) is 0 Å². The topological polar surface area (TPSA) is 89.2 Å². The molecule has 27 heavy (non-hydrogen) atoms. The summed E-state index contributed by atoms with van der Waals surface area (Å²) in [6.07, 6.45) is -5.21. The first-order valence-corrected chi connectivity index (χ1v) is 8.41. The van der Waals surface area contributed by atoms with Crippen LogP contribution in [0.2, 0.25) is 0 Å². The van der Waals surface area contributed by atoms with Crippen molar-refractivity contribution in [3.63, 3.8) is 0 Å². The van der Waals surface area contributed by atoms with Gasteiger partial charge < -0.3 is 15.5 Å². The average Bonchev–Trinajstić information content (AvgIpc) is 2.94. The van der Waals surface area contributed by atoms with Gasteiger partial charge >= 0.3 is 6.18 Å². The van der Waals surface area contributed by atoms with Crippen LogP contribution in [0.15, 0.2) is 42.6 Å². The lowest BCUT2D eigenvalue weighted by Crippen LogP contribution is -2.41. The van der Waals surface area contributed by atoms with Crippen molar-refractivity contribution >= 4 is 0 Å². The summed E-state index contributed by atoms with van der Waals surface area (Å²) < 4.78 is 38.1. The Labute approximate surface area is 154 Å². The number of nitrogens with one attached hydrogen (secondary N) is 1. The van der Waals surface area contributed by atoms with E-state index in [0.717, 1.165) is 17.8 Å². The van der Waals surface area contributed by atoms with Crippen LogP contribution >= 0.6 is 0 Å². The van der Waals surface area contributed by atoms with Gasteiger partial charge in [-0.3, -0.25) is 4.98 Å². The fourth-order valence-electron chi connectivity index (χ4n) is 3.41. The molecular formula is C19H18F3N3O2. The predicted molar refractivity (Wildman–Crippen MR) is 90.4 cm³/mol. The monoisotopic (exact) mass is 377 g/mol. The highest BCUT2D eigenvalue weighted by Crippen LogP contribution is 2.36. The second-order valence-electron chi connectivity index (χ2n) is 6.59. The lowest BCUT2D eigenvalue weighted by atomic mass is 9.94. The largest absolute Gasteiger partial charge is 0.433 e. The van der Waals surface area contributed by atoms with Crippen molar-refractivity contribution < 1.29 is 23.4 Å². The van der Waals surface area contributed by atoms with Gasteiger partial charge in [-0.15, -0.1) is 0 Å². The minimum absolute atomic E-state index is 0.212. The van der Waals surface area contributed by atoms with Crippen molar-refractivity contribution in [2.75, 3.05) is 0 Å². The zero-order chi connectivity index (χ0) is 19.6. The van der Waals surface area contributed by atoms with Crippen LogP contribution in [0.4, 0.5) is 13.2 Å². The third kappa shape index (κ3) is 4.27. The van der Waals surface area contributed by atoms with Gasteiger partial charge in [0.2, 0.25) is 0 Å². The van der Waals surface area contributed by atoms with Gasteiger partial charge in [-0.25, -0.2) is 0 Å². The van der Waals surface area contributed by atoms with E-state index in [2.05, 4.69) is 10.3 Å². The molecule has 0 radical (unpaired) electrons. The molecule has 1 saturated carbocycles. The van der Waals surface area contributed by atoms with Gasteiger partial charge in [-0.05, 0) is 35.7 Å². The Bertz CT molecular complexity index is 833. The van der Waals surface area contributed by atoms with Crippen LogP contribution < -0.4 is 5.32 Å². The zero-order valence-corrected chi connectivity index (χ0v) is 14.2. The number of aromatic nitrogens is 1. The number of pyridine rings is 1. The molecule has 0 unspecified atom stereocenters. The molecule has 0 saturated heterocycles. The minimum atomic E-state index is -4.52. The number of benzene rings is 1. The van der Waals surface area contributed by atoms with Crippen molar-refractivity contribution in [2.45, 2.75) is 43.3 Å². The van der Waals surface area contributed by atoms with Crippen LogP contribution in [-0.2, 0) is 12.7 Å². The molecule has 0 bridgehead atoms. The first-order valence-electron chi connectivity index (χ1n) is 8.41. The van der Waals surface area contributed by atoms with E-state index in [1.807, 2.05) is 12.1 Å². The van der Waals surface area contributed by atoms with Gasteiger partial charge in [0, 0.05) is 24.7 Å². The number of aliphatic hydroxyl groups excluding tert-OH is 2. The van der Waals surface area contributed by atoms with E-state index in [0.29, 0.717) is 17.7 Å². The van der Waals surface area contributed by atoms with Crippen LogP contribution in [0.3, 0.4) is 0 Å². The van der Waals surface area contributed by atoms with E-state index in [1.165, 1.54) is 6.07 Å². The highest BCUT2D eigenvalue weighted by atomic mass is 19.4. The summed E-state index contributed by atoms with van der Waals surface area (Å²) in [7, 11) is 0. The third-order valence-electron chi connectivity index (χ3n) is 4.79. The minimum Gasteiger partial charge on any atom is -0.390 e. The summed E-state index contributed by atoms with van der Waals surface area (Å²) in [5, 5.41) is 32.4. The maximum Gasteiger partial charge on any atom is 0.433 e. The van der Waals surface area contributed by atoms with E-state index in [-0.39, 0.29) is 12.3 Å². The summed E-state index contributed by atoms with van der Waals surface area (Å²) in [5.74, 6) is -0.385. The van der Waals surface area contributed by atoms with Crippen LogP contribution in [-0.4, -0.2) is 33.4 Å². The number of halogens is 3. The second kappa shape index (κ2) is 7.64. The molecule has 3 N–H and O–H groups in total. The molecule has 1 aliphatic rings. The van der Waals surface area contributed by atoms with Gasteiger partial charge in [-0.1, -0.05) is 18.2 Å². The fraction of sp³-hybridized carbons (Fsp3) is 0.368. The standard InChI is InChI=1S/C19H18F3N3O2/c20-19(21,22)16-5-4-13(10-24-16)14-7-15(26)18(27)17(14)25-9-12-3-1-2-11(6-12)8-23/h1-6,10,14-15,17-18,25-27H,7,9H2/t14-,15-,17-,18-/m1/s1. The number of hydrogen-bond donors (Lipinski definition) is 3. The molecule has 0 amide bonds. The molecule has 1 heterocycles. The molecule has 4 atom stereocenters. The molecule has 142 valence electrons. The Hall–Kier alpha value is -2.47. The van der Waals surface area contributed by atoms with Crippen LogP contribution in [0.25, 0.3) is 0 Å². The molecule has 0 aliphatic heterocycles. The summed E-state index contributed by atoms with van der Waals surface area (Å²) in [5.41, 5.74) is 0.863. The van der Waals surface area contributed by atoms with Crippen molar-refractivity contribution in [2.24, 2.45) is 0 Å². The molecule has 1 aromatic carbocycles. The molecule has 0 spiro atoms. The molecule has 1 aromatic heterocycles. The lowest BCUT2D eigenvalue weighted by Gasteiger charge is -2.24. The normalized spacial score (nSPS) is 25.3. The van der Waals surface area contributed by atoms with E-state index in [4.69, 9.17) is 5.26 Å². The number of alkyl halides is 3. The Morgan fingerprint density at radius 3 is 2.63 bits per heavy atom. The molecule has 5 nitrogen and oxygen atoms in total. The fourth-order valence-corrected chi connectivity index (χ4v) is 3.41. The summed E-state index contributed by atoms with van der Waals surface area (Å²) in [6.45, 7) is 0.342. The Kier molecular flexibility index (Phi) is 5.46. The lowest BCUT2D eigenvalue weighted by molar-refractivity contribution is -0.141. The van der Waals surface area contributed by atoms with Crippen molar-refractivity contribution in [3.8, 4) is 6.07 Å². The first kappa shape index (κ1) is 19.3. The SMILES string of the molecule is N#Cc1cccc(CN[C@H]2[C@H](O)[C@H](O)C[C@@H]2c2ccc(C(F)(F)F)nc2)c1. The molecule has 1 aliphatic carbocycles. The smallest absolute Gasteiger partial charge is 0.390 e. The van der Waals surface area contributed by atoms with Crippen LogP contribution in [0.5, 0.6) is 0 Å². The quantitative estimate of drug-likeness (QED) is 0.761. The van der Waals surface area contributed by atoms with Crippen molar-refractivity contribution in [3.05, 3.63) is 65.0 Å².